The van der Waals surface area contributed by atoms with Crippen LogP contribution in [0.4, 0.5) is 8.78 Å². The molecule has 0 bridgehead atoms. The standard InChI is InChI=1S/C18H24F2O4/c1-12(9-15(21)22-4)5-6-14-13(16(19)20)10-18(11-17(14,2)3)23-7-8-24-18/h5-6,9-10,14,16H,7-8,11H2,1-4H3. The lowest BCUT2D eigenvalue weighted by Crippen LogP contribution is -2.43. The third kappa shape index (κ3) is 4.11. The van der Waals surface area contributed by atoms with Gasteiger partial charge in [0.05, 0.1) is 20.3 Å². The van der Waals surface area contributed by atoms with Crippen molar-refractivity contribution in [3.63, 3.8) is 0 Å². The fraction of sp³-hybridized carbons (Fsp3) is 0.611. The number of ether oxygens (including phenoxy) is 3. The first-order valence-electron chi connectivity index (χ1n) is 7.92. The Balaban J connectivity index is 2.32. The van der Waals surface area contributed by atoms with E-state index < -0.39 is 29.5 Å². The van der Waals surface area contributed by atoms with Crippen LogP contribution >= 0.6 is 0 Å². The number of alkyl halides is 2. The van der Waals surface area contributed by atoms with Crippen molar-refractivity contribution in [2.24, 2.45) is 11.3 Å². The van der Waals surface area contributed by atoms with Gasteiger partial charge in [0.2, 0.25) is 0 Å². The van der Waals surface area contributed by atoms with Gasteiger partial charge in [-0.3, -0.25) is 0 Å². The Morgan fingerprint density at radius 1 is 1.38 bits per heavy atom. The Kier molecular flexibility index (Phi) is 5.60. The molecule has 0 saturated carbocycles. The smallest absolute Gasteiger partial charge is 0.330 e. The normalized spacial score (nSPS) is 26.2. The van der Waals surface area contributed by atoms with Crippen LogP contribution in [-0.2, 0) is 19.0 Å². The maximum absolute atomic E-state index is 13.6. The molecule has 1 aliphatic carbocycles. The Hall–Kier alpha value is -1.53. The molecule has 0 radical (unpaired) electrons. The van der Waals surface area contributed by atoms with Gasteiger partial charge >= 0.3 is 5.97 Å². The molecule has 2 aliphatic rings. The van der Waals surface area contributed by atoms with Crippen LogP contribution in [-0.4, -0.2) is 38.5 Å². The van der Waals surface area contributed by atoms with E-state index >= 15 is 0 Å². The molecule has 2 rings (SSSR count). The average Bonchev–Trinajstić information content (AvgIpc) is 2.92. The molecular formula is C18H24F2O4. The largest absolute Gasteiger partial charge is 0.466 e. The van der Waals surface area contributed by atoms with Crippen molar-refractivity contribution < 1.29 is 27.8 Å². The molecule has 0 aromatic heterocycles. The minimum atomic E-state index is -2.60. The SMILES string of the molecule is COC(=O)C=C(C)C=CC1C(C(F)F)=CC2(CC1(C)C)OCCO2. The summed E-state index contributed by atoms with van der Waals surface area (Å²) in [4.78, 5) is 11.2. The fourth-order valence-corrected chi connectivity index (χ4v) is 3.36. The highest BCUT2D eigenvalue weighted by Gasteiger charge is 2.49. The van der Waals surface area contributed by atoms with Crippen molar-refractivity contribution >= 4 is 5.97 Å². The zero-order valence-corrected chi connectivity index (χ0v) is 14.5. The van der Waals surface area contributed by atoms with Crippen molar-refractivity contribution in [1.29, 1.82) is 0 Å². The number of hydrogen-bond donors (Lipinski definition) is 0. The maximum atomic E-state index is 13.6. The first-order chi connectivity index (χ1) is 11.2. The molecule has 0 aromatic rings. The van der Waals surface area contributed by atoms with E-state index in [1.165, 1.54) is 19.3 Å². The topological polar surface area (TPSA) is 44.8 Å². The molecule has 4 nitrogen and oxygen atoms in total. The summed E-state index contributed by atoms with van der Waals surface area (Å²) in [5.41, 5.74) is 0.155. The van der Waals surface area contributed by atoms with Crippen molar-refractivity contribution in [3.05, 3.63) is 35.5 Å². The molecule has 1 fully saturated rings. The van der Waals surface area contributed by atoms with Gasteiger partial charge in [0, 0.05) is 24.0 Å². The first kappa shape index (κ1) is 18.8. The summed E-state index contributed by atoms with van der Waals surface area (Å²) in [6.07, 6.45) is 4.04. The number of rotatable bonds is 4. The van der Waals surface area contributed by atoms with Crippen LogP contribution in [0, 0.1) is 11.3 Å². The Morgan fingerprint density at radius 2 is 2.00 bits per heavy atom. The molecule has 1 spiro atoms. The van der Waals surface area contributed by atoms with Gasteiger partial charge in [-0.2, -0.15) is 0 Å². The van der Waals surface area contributed by atoms with Gasteiger partial charge in [-0.05, 0) is 24.0 Å². The third-order valence-corrected chi connectivity index (χ3v) is 4.42. The van der Waals surface area contributed by atoms with Crippen molar-refractivity contribution in [2.75, 3.05) is 20.3 Å². The number of carbonyl (C=O) groups is 1. The van der Waals surface area contributed by atoms with Gasteiger partial charge in [0.25, 0.3) is 6.43 Å². The van der Waals surface area contributed by atoms with Crippen LogP contribution in [0.25, 0.3) is 0 Å². The Labute approximate surface area is 141 Å². The summed E-state index contributed by atoms with van der Waals surface area (Å²) in [5, 5.41) is 0. The first-order valence-corrected chi connectivity index (χ1v) is 7.92. The fourth-order valence-electron chi connectivity index (χ4n) is 3.36. The molecule has 0 N–H and O–H groups in total. The van der Waals surface area contributed by atoms with Crippen LogP contribution in [0.2, 0.25) is 0 Å². The molecule has 1 heterocycles. The summed E-state index contributed by atoms with van der Waals surface area (Å²) >= 11 is 0. The van der Waals surface area contributed by atoms with Gasteiger partial charge in [-0.15, -0.1) is 0 Å². The van der Waals surface area contributed by atoms with E-state index in [1.54, 1.807) is 19.1 Å². The maximum Gasteiger partial charge on any atom is 0.330 e. The van der Waals surface area contributed by atoms with Crippen LogP contribution in [0.5, 0.6) is 0 Å². The molecule has 24 heavy (non-hydrogen) atoms. The number of allylic oxidation sites excluding steroid dienone is 4. The molecule has 1 aliphatic heterocycles. The van der Waals surface area contributed by atoms with E-state index in [9.17, 15) is 13.6 Å². The molecule has 1 atom stereocenters. The van der Waals surface area contributed by atoms with E-state index in [-0.39, 0.29) is 5.57 Å². The summed E-state index contributed by atoms with van der Waals surface area (Å²) in [7, 11) is 1.29. The minimum Gasteiger partial charge on any atom is -0.466 e. The lowest BCUT2D eigenvalue weighted by molar-refractivity contribution is -0.151. The Morgan fingerprint density at radius 3 is 2.54 bits per heavy atom. The quantitative estimate of drug-likeness (QED) is 0.339. The van der Waals surface area contributed by atoms with Gasteiger partial charge in [-0.1, -0.05) is 26.0 Å². The van der Waals surface area contributed by atoms with E-state index in [0.29, 0.717) is 25.2 Å². The number of hydrogen-bond acceptors (Lipinski definition) is 4. The average molecular weight is 342 g/mol. The molecule has 0 aromatic carbocycles. The predicted molar refractivity (Wildman–Crippen MR) is 85.5 cm³/mol. The molecule has 0 amide bonds. The predicted octanol–water partition coefficient (Wildman–Crippen LogP) is 3.64. The zero-order valence-electron chi connectivity index (χ0n) is 14.5. The van der Waals surface area contributed by atoms with Gasteiger partial charge in [-0.25, -0.2) is 13.6 Å². The highest BCUT2D eigenvalue weighted by molar-refractivity contribution is 5.83. The second-order valence-corrected chi connectivity index (χ2v) is 6.87. The number of carbonyl (C=O) groups excluding carboxylic acids is 1. The summed E-state index contributed by atoms with van der Waals surface area (Å²) in [6.45, 7) is 6.38. The van der Waals surface area contributed by atoms with Crippen LogP contribution < -0.4 is 0 Å². The highest BCUT2D eigenvalue weighted by atomic mass is 19.3. The second-order valence-electron chi connectivity index (χ2n) is 6.87. The molecular weight excluding hydrogens is 318 g/mol. The lowest BCUT2D eigenvalue weighted by Gasteiger charge is -2.44. The number of halogens is 2. The Bertz CT molecular complexity index is 570. The number of esters is 1. The van der Waals surface area contributed by atoms with E-state index in [4.69, 9.17) is 9.47 Å². The third-order valence-electron chi connectivity index (χ3n) is 4.42. The second kappa shape index (κ2) is 7.15. The summed E-state index contributed by atoms with van der Waals surface area (Å²) in [6, 6.07) is 0. The van der Waals surface area contributed by atoms with Crippen LogP contribution in [0.15, 0.2) is 35.5 Å². The number of methoxy groups -OCH3 is 1. The molecule has 1 unspecified atom stereocenters. The van der Waals surface area contributed by atoms with Crippen LogP contribution in [0.1, 0.15) is 27.2 Å². The highest BCUT2D eigenvalue weighted by Crippen LogP contribution is 2.50. The van der Waals surface area contributed by atoms with Gasteiger partial charge in [0.15, 0.2) is 5.79 Å². The van der Waals surface area contributed by atoms with Crippen LogP contribution in [0.3, 0.4) is 0 Å². The molecule has 134 valence electrons. The van der Waals surface area contributed by atoms with E-state index in [2.05, 4.69) is 4.74 Å². The van der Waals surface area contributed by atoms with E-state index in [0.717, 1.165) is 0 Å². The van der Waals surface area contributed by atoms with E-state index in [1.807, 2.05) is 13.8 Å². The minimum absolute atomic E-state index is 0.00438. The van der Waals surface area contributed by atoms with Crippen molar-refractivity contribution in [1.82, 2.24) is 0 Å². The summed E-state index contributed by atoms with van der Waals surface area (Å²) < 4.78 is 43.1. The van der Waals surface area contributed by atoms with Crippen molar-refractivity contribution in [2.45, 2.75) is 39.4 Å². The lowest BCUT2D eigenvalue weighted by atomic mass is 9.66. The summed E-state index contributed by atoms with van der Waals surface area (Å²) in [5.74, 6) is -2.00. The van der Waals surface area contributed by atoms with Crippen molar-refractivity contribution in [3.8, 4) is 0 Å². The monoisotopic (exact) mass is 342 g/mol. The molecule has 6 heteroatoms. The zero-order chi connectivity index (χ0) is 18.0. The van der Waals surface area contributed by atoms with Gasteiger partial charge < -0.3 is 14.2 Å². The van der Waals surface area contributed by atoms with Gasteiger partial charge in [0.1, 0.15) is 0 Å². The molecule has 1 saturated heterocycles.